The van der Waals surface area contributed by atoms with Crippen LogP contribution in [0.15, 0.2) is 47.3 Å². The van der Waals surface area contributed by atoms with Gasteiger partial charge in [-0.15, -0.1) is 0 Å². The Labute approximate surface area is 111 Å². The van der Waals surface area contributed by atoms with Crippen LogP contribution in [0.1, 0.15) is 18.5 Å². The van der Waals surface area contributed by atoms with Gasteiger partial charge in [-0.25, -0.2) is 0 Å². The van der Waals surface area contributed by atoms with Crippen LogP contribution in [-0.4, -0.2) is 12.1 Å². The minimum Gasteiger partial charge on any atom is -0.497 e. The smallest absolute Gasteiger partial charge is 0.256 e. The van der Waals surface area contributed by atoms with E-state index in [1.165, 1.54) is 0 Å². The first-order valence-corrected chi connectivity index (χ1v) is 6.36. The molecule has 2 aromatic rings. The Balaban J connectivity index is 2.19. The first-order chi connectivity index (χ1) is 9.28. The third-order valence-electron chi connectivity index (χ3n) is 3.36. The molecule has 0 aliphatic heterocycles. The molecule has 1 heterocycles. The number of rotatable bonds is 2. The van der Waals surface area contributed by atoms with Gasteiger partial charge in [0.15, 0.2) is 0 Å². The normalized spacial score (nSPS) is 14.5. The van der Waals surface area contributed by atoms with Crippen LogP contribution in [0.3, 0.4) is 0 Å². The third-order valence-corrected chi connectivity index (χ3v) is 3.36. The van der Waals surface area contributed by atoms with Gasteiger partial charge in [-0.05, 0) is 48.1 Å². The highest BCUT2D eigenvalue weighted by Gasteiger charge is 2.07. The van der Waals surface area contributed by atoms with Gasteiger partial charge in [-0.1, -0.05) is 18.2 Å². The molecule has 0 saturated heterocycles. The quantitative estimate of drug-likeness (QED) is 0.892. The van der Waals surface area contributed by atoms with E-state index in [1.54, 1.807) is 19.2 Å². The van der Waals surface area contributed by atoms with Crippen molar-refractivity contribution in [1.82, 2.24) is 4.98 Å². The maximum absolute atomic E-state index is 12.1. The number of ether oxygens (including phenoxy) is 1. The molecule has 1 N–H and O–H groups in total. The van der Waals surface area contributed by atoms with Crippen molar-refractivity contribution in [2.45, 2.75) is 12.8 Å². The first kappa shape index (κ1) is 11.8. The van der Waals surface area contributed by atoms with Crippen molar-refractivity contribution >= 4 is 16.3 Å². The molecule has 0 spiro atoms. The number of aromatic nitrogens is 1. The van der Waals surface area contributed by atoms with Crippen LogP contribution in [0.2, 0.25) is 0 Å². The minimum absolute atomic E-state index is 0.0602. The molecule has 3 heteroatoms. The summed E-state index contributed by atoms with van der Waals surface area (Å²) in [5.74, 6) is 0.761. The van der Waals surface area contributed by atoms with Gasteiger partial charge in [0.05, 0.1) is 7.11 Å². The van der Waals surface area contributed by atoms with Crippen LogP contribution in [0.25, 0.3) is 16.3 Å². The van der Waals surface area contributed by atoms with Gasteiger partial charge < -0.3 is 9.72 Å². The van der Waals surface area contributed by atoms with E-state index in [0.29, 0.717) is 5.39 Å². The Bertz CT molecular complexity index is 738. The second kappa shape index (κ2) is 4.76. The van der Waals surface area contributed by atoms with Crippen LogP contribution >= 0.6 is 0 Å². The van der Waals surface area contributed by atoms with E-state index in [4.69, 9.17) is 4.74 Å². The number of pyridine rings is 1. The van der Waals surface area contributed by atoms with Gasteiger partial charge >= 0.3 is 0 Å². The standard InChI is InChI=1S/C16H15NO2/c1-19-13-7-8-14-12(9-13)10-15(17-16(14)18)11-5-3-2-4-6-11/h3,5-10H,2,4H2,1H3,(H,17,18). The lowest BCUT2D eigenvalue weighted by molar-refractivity contribution is 0.415. The van der Waals surface area contributed by atoms with E-state index in [-0.39, 0.29) is 5.56 Å². The molecule has 1 aromatic heterocycles. The maximum atomic E-state index is 12.1. The predicted molar refractivity (Wildman–Crippen MR) is 77.5 cm³/mol. The Kier molecular flexibility index (Phi) is 2.95. The molecule has 0 amide bonds. The molecule has 0 unspecified atom stereocenters. The largest absolute Gasteiger partial charge is 0.497 e. The van der Waals surface area contributed by atoms with E-state index in [2.05, 4.69) is 23.2 Å². The SMILES string of the molecule is COc1ccc2c(=O)[nH]c(C3=CCCC=C3)cc2c1. The lowest BCUT2D eigenvalue weighted by Crippen LogP contribution is -2.09. The van der Waals surface area contributed by atoms with Gasteiger partial charge in [0, 0.05) is 11.1 Å². The Morgan fingerprint density at radius 3 is 2.84 bits per heavy atom. The summed E-state index contributed by atoms with van der Waals surface area (Å²) in [5, 5.41) is 1.59. The van der Waals surface area contributed by atoms with Gasteiger partial charge in [0.25, 0.3) is 5.56 Å². The molecule has 1 aliphatic rings. The Morgan fingerprint density at radius 2 is 2.11 bits per heavy atom. The molecule has 96 valence electrons. The summed E-state index contributed by atoms with van der Waals surface area (Å²) >= 11 is 0. The lowest BCUT2D eigenvalue weighted by atomic mass is 10.0. The van der Waals surface area contributed by atoms with Gasteiger partial charge in [-0.2, -0.15) is 0 Å². The van der Waals surface area contributed by atoms with Crippen molar-refractivity contribution in [2.24, 2.45) is 0 Å². The monoisotopic (exact) mass is 253 g/mol. The van der Waals surface area contributed by atoms with Crippen LogP contribution in [0, 0.1) is 0 Å². The Morgan fingerprint density at radius 1 is 1.21 bits per heavy atom. The Hall–Kier alpha value is -2.29. The third kappa shape index (κ3) is 2.19. The number of fused-ring (bicyclic) bond motifs is 1. The molecule has 0 saturated carbocycles. The van der Waals surface area contributed by atoms with Crippen LogP contribution in [-0.2, 0) is 0 Å². The van der Waals surface area contributed by atoms with E-state index in [9.17, 15) is 4.79 Å². The molecule has 0 atom stereocenters. The van der Waals surface area contributed by atoms with Crippen molar-refractivity contribution in [1.29, 1.82) is 0 Å². The number of hydrogen-bond acceptors (Lipinski definition) is 2. The van der Waals surface area contributed by atoms with E-state index < -0.39 is 0 Å². The number of hydrogen-bond donors (Lipinski definition) is 1. The number of benzene rings is 1. The zero-order valence-electron chi connectivity index (χ0n) is 10.8. The highest BCUT2D eigenvalue weighted by molar-refractivity contribution is 5.87. The average molecular weight is 253 g/mol. The fourth-order valence-corrected chi connectivity index (χ4v) is 2.34. The summed E-state index contributed by atoms with van der Waals surface area (Å²) in [7, 11) is 1.63. The summed E-state index contributed by atoms with van der Waals surface area (Å²) in [5.41, 5.74) is 1.88. The summed E-state index contributed by atoms with van der Waals surface area (Å²) in [6, 6.07) is 7.49. The van der Waals surface area contributed by atoms with E-state index in [0.717, 1.165) is 35.2 Å². The first-order valence-electron chi connectivity index (χ1n) is 6.36. The van der Waals surface area contributed by atoms with Gasteiger partial charge in [0.2, 0.25) is 0 Å². The molecular weight excluding hydrogens is 238 g/mol. The highest BCUT2D eigenvalue weighted by Crippen LogP contribution is 2.23. The molecule has 1 aliphatic carbocycles. The zero-order valence-corrected chi connectivity index (χ0v) is 10.8. The lowest BCUT2D eigenvalue weighted by Gasteiger charge is -2.09. The molecule has 3 nitrogen and oxygen atoms in total. The zero-order chi connectivity index (χ0) is 13.2. The summed E-state index contributed by atoms with van der Waals surface area (Å²) in [4.78, 5) is 15.0. The summed E-state index contributed by atoms with van der Waals surface area (Å²) < 4.78 is 5.21. The number of methoxy groups -OCH3 is 1. The second-order valence-electron chi connectivity index (χ2n) is 4.60. The van der Waals surface area contributed by atoms with Crippen molar-refractivity contribution < 1.29 is 4.74 Å². The maximum Gasteiger partial charge on any atom is 0.256 e. The van der Waals surface area contributed by atoms with Crippen molar-refractivity contribution in [3.8, 4) is 5.75 Å². The molecule has 0 fully saturated rings. The van der Waals surface area contributed by atoms with Crippen molar-refractivity contribution in [2.75, 3.05) is 7.11 Å². The van der Waals surface area contributed by atoms with Gasteiger partial charge in [0.1, 0.15) is 5.75 Å². The summed E-state index contributed by atoms with van der Waals surface area (Å²) in [6.45, 7) is 0. The number of nitrogens with one attached hydrogen (secondary N) is 1. The van der Waals surface area contributed by atoms with Gasteiger partial charge in [-0.3, -0.25) is 4.79 Å². The van der Waals surface area contributed by atoms with Crippen molar-refractivity contribution in [3.05, 3.63) is 58.5 Å². The van der Waals surface area contributed by atoms with E-state index >= 15 is 0 Å². The molecule has 3 rings (SSSR count). The number of allylic oxidation sites excluding steroid dienone is 4. The molecule has 1 aromatic carbocycles. The molecule has 0 radical (unpaired) electrons. The average Bonchev–Trinajstić information content (AvgIpc) is 2.47. The fourth-order valence-electron chi connectivity index (χ4n) is 2.34. The topological polar surface area (TPSA) is 42.1 Å². The van der Waals surface area contributed by atoms with Crippen LogP contribution < -0.4 is 10.3 Å². The van der Waals surface area contributed by atoms with Crippen LogP contribution in [0.4, 0.5) is 0 Å². The second-order valence-corrected chi connectivity index (χ2v) is 4.60. The molecule has 19 heavy (non-hydrogen) atoms. The van der Waals surface area contributed by atoms with E-state index in [1.807, 2.05) is 12.1 Å². The highest BCUT2D eigenvalue weighted by atomic mass is 16.5. The predicted octanol–water partition coefficient (Wildman–Crippen LogP) is 3.27. The molecule has 0 bridgehead atoms. The number of aromatic amines is 1. The number of H-pyrrole nitrogens is 1. The van der Waals surface area contributed by atoms with Crippen LogP contribution in [0.5, 0.6) is 5.75 Å². The summed E-state index contributed by atoms with van der Waals surface area (Å²) in [6.07, 6.45) is 8.42. The molecular formula is C16H15NO2. The minimum atomic E-state index is -0.0602. The van der Waals surface area contributed by atoms with Crippen molar-refractivity contribution in [3.63, 3.8) is 0 Å². The fraction of sp³-hybridized carbons (Fsp3) is 0.188.